The van der Waals surface area contributed by atoms with E-state index in [2.05, 4.69) is 25.7 Å². The van der Waals surface area contributed by atoms with Gasteiger partial charge in [0.2, 0.25) is 0 Å². The van der Waals surface area contributed by atoms with Crippen molar-refractivity contribution in [2.24, 2.45) is 35.5 Å². The molecule has 0 aliphatic heterocycles. The molecule has 2 nitrogen and oxygen atoms in total. The first-order valence-corrected chi connectivity index (χ1v) is 14.3. The molecule has 0 N–H and O–H groups in total. The highest BCUT2D eigenvalue weighted by Crippen LogP contribution is 2.49. The number of aryl methyl sites for hydroxylation is 1. The quantitative estimate of drug-likeness (QED) is 0.200. The summed E-state index contributed by atoms with van der Waals surface area (Å²) < 4.78 is 19.9. The average molecular weight is 481 g/mol. The molecule has 35 heavy (non-hydrogen) atoms. The molecule has 3 aliphatic carbocycles. The van der Waals surface area contributed by atoms with Crippen LogP contribution in [-0.4, -0.2) is 5.97 Å². The maximum Gasteiger partial charge on any atom is 0.314 e. The van der Waals surface area contributed by atoms with Gasteiger partial charge in [-0.15, -0.1) is 6.58 Å². The normalized spacial score (nSPS) is 31.1. The zero-order chi connectivity index (χ0) is 24.6. The third kappa shape index (κ3) is 7.08. The molecule has 1 aromatic carbocycles. The number of hydrogen-bond acceptors (Lipinski definition) is 2. The monoisotopic (exact) mass is 480 g/mol. The lowest BCUT2D eigenvalue weighted by Crippen LogP contribution is -2.35. The van der Waals surface area contributed by atoms with Crippen LogP contribution in [0.25, 0.3) is 0 Å². The molecule has 192 valence electrons. The van der Waals surface area contributed by atoms with Gasteiger partial charge in [0.05, 0.1) is 5.92 Å². The van der Waals surface area contributed by atoms with E-state index >= 15 is 0 Å². The molecule has 1 aromatic rings. The number of carbonyl (C=O) groups excluding carboxylic acids is 1. The van der Waals surface area contributed by atoms with Crippen LogP contribution in [0, 0.1) is 41.3 Å². The molecule has 4 unspecified atom stereocenters. The smallest absolute Gasteiger partial charge is 0.314 e. The lowest BCUT2D eigenvalue weighted by molar-refractivity contribution is -0.140. The molecule has 3 aliphatic rings. The highest BCUT2D eigenvalue weighted by Gasteiger charge is 2.39. The summed E-state index contributed by atoms with van der Waals surface area (Å²) in [5, 5.41) is 0. The number of fused-ring (bicyclic) bond motifs is 1. The predicted octanol–water partition coefficient (Wildman–Crippen LogP) is 8.85. The van der Waals surface area contributed by atoms with E-state index in [0.717, 1.165) is 61.7 Å². The highest BCUT2D eigenvalue weighted by molar-refractivity contribution is 5.75. The number of hydrogen-bond donors (Lipinski definition) is 0. The van der Waals surface area contributed by atoms with Crippen LogP contribution in [0.2, 0.25) is 0 Å². The average Bonchev–Trinajstić information content (AvgIpc) is 2.88. The van der Waals surface area contributed by atoms with Gasteiger partial charge < -0.3 is 4.74 Å². The molecular formula is C32H45FO2. The Morgan fingerprint density at radius 3 is 2.37 bits per heavy atom. The number of rotatable bonds is 9. The minimum atomic E-state index is -0.303. The van der Waals surface area contributed by atoms with Crippen molar-refractivity contribution in [3.05, 3.63) is 54.4 Å². The van der Waals surface area contributed by atoms with Crippen molar-refractivity contribution >= 4 is 5.97 Å². The number of halogens is 1. The van der Waals surface area contributed by atoms with Crippen LogP contribution in [0.3, 0.4) is 0 Å². The van der Waals surface area contributed by atoms with Gasteiger partial charge >= 0.3 is 5.97 Å². The molecule has 0 amide bonds. The summed E-state index contributed by atoms with van der Waals surface area (Å²) >= 11 is 0. The van der Waals surface area contributed by atoms with Crippen molar-refractivity contribution in [1.82, 2.24) is 0 Å². The summed E-state index contributed by atoms with van der Waals surface area (Å²) in [6.45, 7) is 5.81. The zero-order valence-electron chi connectivity index (χ0n) is 21.7. The van der Waals surface area contributed by atoms with Crippen LogP contribution in [0.4, 0.5) is 4.39 Å². The molecule has 0 saturated heterocycles. The lowest BCUT2D eigenvalue weighted by Gasteiger charge is -2.45. The minimum Gasteiger partial charge on any atom is -0.426 e. The lowest BCUT2D eigenvalue weighted by atomic mass is 9.60. The van der Waals surface area contributed by atoms with Crippen molar-refractivity contribution in [2.75, 3.05) is 0 Å². The Bertz CT molecular complexity index is 866. The standard InChI is InChI=1S/C32H45FO2/c1-3-5-7-8-23-10-11-29-21-28(17-16-27(29)20-23)24-12-14-26(15-13-24)32(34)35-30-19-18-25(9-6-4-2)31(33)22-30/h3-5,18-19,22-24,26-29H,2,6-17,20-21H2,1H3/b5-3+. The second kappa shape index (κ2) is 12.9. The maximum atomic E-state index is 14.3. The Hall–Kier alpha value is -1.90. The fourth-order valence-electron chi connectivity index (χ4n) is 7.29. The van der Waals surface area contributed by atoms with Gasteiger partial charge in [-0.05, 0) is 132 Å². The second-order valence-corrected chi connectivity index (χ2v) is 11.5. The maximum absolute atomic E-state index is 14.3. The van der Waals surface area contributed by atoms with Crippen molar-refractivity contribution in [2.45, 2.75) is 96.8 Å². The molecule has 3 saturated carbocycles. The van der Waals surface area contributed by atoms with Gasteiger partial charge in [-0.1, -0.05) is 30.7 Å². The second-order valence-electron chi connectivity index (χ2n) is 11.5. The number of carbonyl (C=O) groups is 1. The summed E-state index contributed by atoms with van der Waals surface area (Å²) in [7, 11) is 0. The summed E-state index contributed by atoms with van der Waals surface area (Å²) in [5.74, 6) is 4.28. The third-order valence-corrected chi connectivity index (χ3v) is 9.37. The van der Waals surface area contributed by atoms with Crippen molar-refractivity contribution in [3.8, 4) is 5.75 Å². The first kappa shape index (κ1) is 26.2. The van der Waals surface area contributed by atoms with Crippen LogP contribution in [0.15, 0.2) is 43.0 Å². The molecule has 0 radical (unpaired) electrons. The van der Waals surface area contributed by atoms with E-state index in [1.807, 2.05) is 0 Å². The fourth-order valence-corrected chi connectivity index (χ4v) is 7.29. The molecular weight excluding hydrogens is 435 g/mol. The predicted molar refractivity (Wildman–Crippen MR) is 142 cm³/mol. The van der Waals surface area contributed by atoms with Crippen LogP contribution >= 0.6 is 0 Å². The van der Waals surface area contributed by atoms with Crippen molar-refractivity contribution < 1.29 is 13.9 Å². The van der Waals surface area contributed by atoms with Gasteiger partial charge in [-0.2, -0.15) is 0 Å². The Labute approximate surface area is 212 Å². The molecule has 4 atom stereocenters. The van der Waals surface area contributed by atoms with Crippen LogP contribution in [0.1, 0.15) is 96.0 Å². The van der Waals surface area contributed by atoms with Gasteiger partial charge in [0.25, 0.3) is 0 Å². The van der Waals surface area contributed by atoms with E-state index in [1.54, 1.807) is 18.2 Å². The van der Waals surface area contributed by atoms with Gasteiger partial charge in [0.15, 0.2) is 0 Å². The number of benzene rings is 1. The highest BCUT2D eigenvalue weighted by atomic mass is 19.1. The molecule has 0 spiro atoms. The molecule has 3 fully saturated rings. The Morgan fingerprint density at radius 1 is 0.971 bits per heavy atom. The van der Waals surface area contributed by atoms with Crippen molar-refractivity contribution in [3.63, 3.8) is 0 Å². The summed E-state index contributed by atoms with van der Waals surface area (Å²) in [4.78, 5) is 12.8. The minimum absolute atomic E-state index is 0.0429. The fraction of sp³-hybridized carbons (Fsp3) is 0.656. The Balaban J connectivity index is 1.20. The van der Waals surface area contributed by atoms with Gasteiger partial charge in [-0.3, -0.25) is 4.79 Å². The number of ether oxygens (including phenoxy) is 1. The first-order valence-electron chi connectivity index (χ1n) is 14.3. The number of esters is 1. The molecule has 4 rings (SSSR count). The molecule has 3 heteroatoms. The Morgan fingerprint density at radius 2 is 1.66 bits per heavy atom. The van der Waals surface area contributed by atoms with E-state index in [4.69, 9.17) is 4.74 Å². The molecule has 0 heterocycles. The zero-order valence-corrected chi connectivity index (χ0v) is 21.7. The summed E-state index contributed by atoms with van der Waals surface area (Å²) in [6.07, 6.45) is 23.0. The third-order valence-electron chi connectivity index (χ3n) is 9.37. The van der Waals surface area contributed by atoms with E-state index in [0.29, 0.717) is 17.7 Å². The van der Waals surface area contributed by atoms with E-state index in [-0.39, 0.29) is 17.7 Å². The van der Waals surface area contributed by atoms with Gasteiger partial charge in [0, 0.05) is 6.07 Å². The van der Waals surface area contributed by atoms with Gasteiger partial charge in [-0.25, -0.2) is 4.39 Å². The molecule has 0 bridgehead atoms. The van der Waals surface area contributed by atoms with E-state index in [1.165, 1.54) is 57.4 Å². The van der Waals surface area contributed by atoms with Crippen LogP contribution in [0.5, 0.6) is 5.75 Å². The van der Waals surface area contributed by atoms with Crippen molar-refractivity contribution in [1.29, 1.82) is 0 Å². The summed E-state index contributed by atoms with van der Waals surface area (Å²) in [6, 6.07) is 4.80. The van der Waals surface area contributed by atoms with E-state index in [9.17, 15) is 9.18 Å². The van der Waals surface area contributed by atoms with E-state index < -0.39 is 0 Å². The first-order chi connectivity index (χ1) is 17.1. The molecule has 0 aromatic heterocycles. The SMILES string of the molecule is C=CCCc1ccc(OC(=O)C2CCC(C3CCC4CC(CC/C=C/C)CCC4C3)CC2)cc1F. The summed E-state index contributed by atoms with van der Waals surface area (Å²) in [5.41, 5.74) is 0.641. The number of allylic oxidation sites excluding steroid dienone is 3. The Kier molecular flexibility index (Phi) is 9.63. The van der Waals surface area contributed by atoms with Gasteiger partial charge in [0.1, 0.15) is 11.6 Å². The topological polar surface area (TPSA) is 26.3 Å². The largest absolute Gasteiger partial charge is 0.426 e. The van der Waals surface area contributed by atoms with Crippen LogP contribution in [-0.2, 0) is 11.2 Å². The van der Waals surface area contributed by atoms with Crippen LogP contribution < -0.4 is 4.74 Å².